The van der Waals surface area contributed by atoms with Gasteiger partial charge in [-0.2, -0.15) is 0 Å². The lowest BCUT2D eigenvalue weighted by atomic mass is 10.1. The van der Waals surface area contributed by atoms with Gasteiger partial charge in [-0.05, 0) is 36.6 Å². The van der Waals surface area contributed by atoms with Crippen LogP contribution in [0.2, 0.25) is 0 Å². The standard InChI is InChI=1S/C22H23N3O4S/c1-16-7-3-4-8-17(16)11-12-24-22(26)20-9-5-6-10-21(20)30(27,28)25-18-13-19(29-2)15-23-14-18/h3-10,13-15,25H,11-12H2,1-2H3,(H,24,26). The second kappa shape index (κ2) is 9.41. The number of carbonyl (C=O) groups is 1. The Hall–Kier alpha value is -3.39. The van der Waals surface area contributed by atoms with Crippen molar-refractivity contribution in [2.75, 3.05) is 18.4 Å². The van der Waals surface area contributed by atoms with E-state index in [0.29, 0.717) is 18.7 Å². The number of aromatic nitrogens is 1. The summed E-state index contributed by atoms with van der Waals surface area (Å²) in [5.74, 6) is -0.0363. The zero-order chi connectivity index (χ0) is 21.6. The van der Waals surface area contributed by atoms with Gasteiger partial charge >= 0.3 is 0 Å². The maximum atomic E-state index is 12.9. The van der Waals surface area contributed by atoms with Gasteiger partial charge in [-0.1, -0.05) is 36.4 Å². The van der Waals surface area contributed by atoms with Crippen molar-refractivity contribution >= 4 is 21.6 Å². The number of sulfonamides is 1. The maximum absolute atomic E-state index is 12.9. The van der Waals surface area contributed by atoms with E-state index in [2.05, 4.69) is 15.0 Å². The quantitative estimate of drug-likeness (QED) is 0.578. The molecule has 0 aliphatic heterocycles. The number of nitrogens with zero attached hydrogens (tertiary/aromatic N) is 1. The molecule has 1 heterocycles. The highest BCUT2D eigenvalue weighted by Gasteiger charge is 2.22. The summed E-state index contributed by atoms with van der Waals surface area (Å²) in [6.45, 7) is 2.41. The number of benzene rings is 2. The number of ether oxygens (including phenoxy) is 1. The summed E-state index contributed by atoms with van der Waals surface area (Å²) in [7, 11) is -2.54. The molecule has 0 fully saturated rings. The highest BCUT2D eigenvalue weighted by Crippen LogP contribution is 2.21. The Morgan fingerprint density at radius 3 is 2.57 bits per heavy atom. The van der Waals surface area contributed by atoms with Crippen molar-refractivity contribution in [1.82, 2.24) is 10.3 Å². The minimum atomic E-state index is -4.00. The summed E-state index contributed by atoms with van der Waals surface area (Å²) in [6.07, 6.45) is 3.49. The van der Waals surface area contributed by atoms with Gasteiger partial charge in [0.15, 0.2) is 0 Å². The molecule has 8 heteroatoms. The van der Waals surface area contributed by atoms with Crippen LogP contribution in [0.5, 0.6) is 5.75 Å². The molecule has 0 saturated heterocycles. The van der Waals surface area contributed by atoms with E-state index in [9.17, 15) is 13.2 Å². The lowest BCUT2D eigenvalue weighted by molar-refractivity contribution is 0.0951. The molecule has 7 nitrogen and oxygen atoms in total. The first-order chi connectivity index (χ1) is 14.4. The van der Waals surface area contributed by atoms with Crippen LogP contribution in [-0.4, -0.2) is 33.0 Å². The molecule has 0 saturated carbocycles. The molecule has 0 bridgehead atoms. The van der Waals surface area contributed by atoms with Crippen molar-refractivity contribution in [1.29, 1.82) is 0 Å². The first-order valence-electron chi connectivity index (χ1n) is 9.34. The van der Waals surface area contributed by atoms with Crippen LogP contribution in [0.1, 0.15) is 21.5 Å². The summed E-state index contributed by atoms with van der Waals surface area (Å²) >= 11 is 0. The molecular formula is C22H23N3O4S. The van der Waals surface area contributed by atoms with Gasteiger partial charge in [-0.15, -0.1) is 0 Å². The van der Waals surface area contributed by atoms with Crippen LogP contribution < -0.4 is 14.8 Å². The monoisotopic (exact) mass is 425 g/mol. The van der Waals surface area contributed by atoms with E-state index in [1.54, 1.807) is 12.1 Å². The van der Waals surface area contributed by atoms with Crippen molar-refractivity contribution in [3.8, 4) is 5.75 Å². The van der Waals surface area contributed by atoms with Gasteiger partial charge in [0.2, 0.25) is 0 Å². The fraction of sp³-hybridized carbons (Fsp3) is 0.182. The lowest BCUT2D eigenvalue weighted by Crippen LogP contribution is -2.28. The number of hydrogen-bond donors (Lipinski definition) is 2. The largest absolute Gasteiger partial charge is 0.495 e. The highest BCUT2D eigenvalue weighted by molar-refractivity contribution is 7.92. The van der Waals surface area contributed by atoms with Gasteiger partial charge in [0, 0.05) is 12.6 Å². The fourth-order valence-corrected chi connectivity index (χ4v) is 4.22. The van der Waals surface area contributed by atoms with Crippen molar-refractivity contribution < 1.29 is 17.9 Å². The second-order valence-electron chi connectivity index (χ2n) is 6.65. The molecule has 2 N–H and O–H groups in total. The average molecular weight is 426 g/mol. The van der Waals surface area contributed by atoms with Gasteiger partial charge in [-0.25, -0.2) is 8.42 Å². The number of pyridine rings is 1. The number of amides is 1. The second-order valence-corrected chi connectivity index (χ2v) is 8.30. The number of anilines is 1. The molecule has 2 aromatic carbocycles. The summed E-state index contributed by atoms with van der Waals surface area (Å²) in [5.41, 5.74) is 2.59. The maximum Gasteiger partial charge on any atom is 0.262 e. The normalized spacial score (nSPS) is 11.0. The summed E-state index contributed by atoms with van der Waals surface area (Å²) in [6, 6.07) is 15.5. The zero-order valence-electron chi connectivity index (χ0n) is 16.8. The topological polar surface area (TPSA) is 97.4 Å². The molecule has 3 aromatic rings. The molecule has 1 amide bonds. The molecule has 0 unspecified atom stereocenters. The minimum absolute atomic E-state index is 0.0747. The van der Waals surface area contributed by atoms with Crippen molar-refractivity contribution in [2.45, 2.75) is 18.2 Å². The first kappa shape index (κ1) is 21.3. The van der Waals surface area contributed by atoms with E-state index in [1.807, 2.05) is 31.2 Å². The van der Waals surface area contributed by atoms with Gasteiger partial charge in [0.05, 0.1) is 30.8 Å². The molecule has 0 aliphatic carbocycles. The predicted octanol–water partition coefficient (Wildman–Crippen LogP) is 3.17. The van der Waals surface area contributed by atoms with Crippen LogP contribution in [-0.2, 0) is 16.4 Å². The summed E-state index contributed by atoms with van der Waals surface area (Å²) in [5, 5.41) is 2.81. The van der Waals surface area contributed by atoms with E-state index >= 15 is 0 Å². The summed E-state index contributed by atoms with van der Waals surface area (Å²) in [4.78, 5) is 16.5. The number of carbonyl (C=O) groups excluding carboxylic acids is 1. The third kappa shape index (κ3) is 5.15. The SMILES string of the molecule is COc1cncc(NS(=O)(=O)c2ccccc2C(=O)NCCc2ccccc2C)c1. The van der Waals surface area contributed by atoms with E-state index < -0.39 is 15.9 Å². The number of rotatable bonds is 8. The van der Waals surface area contributed by atoms with E-state index in [-0.39, 0.29) is 16.1 Å². The van der Waals surface area contributed by atoms with Crippen molar-refractivity contribution in [3.05, 3.63) is 83.7 Å². The van der Waals surface area contributed by atoms with Crippen LogP contribution >= 0.6 is 0 Å². The Morgan fingerprint density at radius 1 is 1.07 bits per heavy atom. The predicted molar refractivity (Wildman–Crippen MR) is 115 cm³/mol. The van der Waals surface area contributed by atoms with Gasteiger partial charge in [0.25, 0.3) is 15.9 Å². The molecule has 30 heavy (non-hydrogen) atoms. The van der Waals surface area contributed by atoms with Gasteiger partial charge < -0.3 is 10.1 Å². The average Bonchev–Trinajstić information content (AvgIpc) is 2.75. The minimum Gasteiger partial charge on any atom is -0.495 e. The Kier molecular flexibility index (Phi) is 6.68. The van der Waals surface area contributed by atoms with E-state index in [4.69, 9.17) is 4.74 Å². The Labute approximate surface area is 176 Å². The first-order valence-corrected chi connectivity index (χ1v) is 10.8. The lowest BCUT2D eigenvalue weighted by Gasteiger charge is -2.13. The number of hydrogen-bond acceptors (Lipinski definition) is 5. The fourth-order valence-electron chi connectivity index (χ4n) is 2.98. The molecule has 156 valence electrons. The molecule has 3 rings (SSSR count). The number of nitrogens with one attached hydrogen (secondary N) is 2. The molecule has 0 radical (unpaired) electrons. The van der Waals surface area contributed by atoms with Crippen molar-refractivity contribution in [3.63, 3.8) is 0 Å². The van der Waals surface area contributed by atoms with E-state index in [0.717, 1.165) is 11.1 Å². The van der Waals surface area contributed by atoms with Gasteiger partial charge in [0.1, 0.15) is 10.6 Å². The van der Waals surface area contributed by atoms with Crippen LogP contribution in [0.4, 0.5) is 5.69 Å². The molecule has 1 aromatic heterocycles. The van der Waals surface area contributed by atoms with Crippen LogP contribution in [0.3, 0.4) is 0 Å². The van der Waals surface area contributed by atoms with Crippen LogP contribution in [0, 0.1) is 6.92 Å². The van der Waals surface area contributed by atoms with E-state index in [1.165, 1.54) is 37.7 Å². The smallest absolute Gasteiger partial charge is 0.262 e. The van der Waals surface area contributed by atoms with Gasteiger partial charge in [-0.3, -0.25) is 14.5 Å². The Balaban J connectivity index is 1.75. The third-order valence-corrected chi connectivity index (χ3v) is 6.00. The van der Waals surface area contributed by atoms with Crippen LogP contribution in [0.25, 0.3) is 0 Å². The highest BCUT2D eigenvalue weighted by atomic mass is 32.2. The molecule has 0 aliphatic rings. The summed E-state index contributed by atoms with van der Waals surface area (Å²) < 4.78 is 33.3. The number of methoxy groups -OCH3 is 1. The molecular weight excluding hydrogens is 402 g/mol. The molecule has 0 atom stereocenters. The third-order valence-electron chi connectivity index (χ3n) is 4.56. The van der Waals surface area contributed by atoms with Crippen LogP contribution in [0.15, 0.2) is 71.9 Å². The Morgan fingerprint density at radius 2 is 1.80 bits per heavy atom. The van der Waals surface area contributed by atoms with Crippen molar-refractivity contribution in [2.24, 2.45) is 0 Å². The zero-order valence-corrected chi connectivity index (χ0v) is 17.6. The molecule has 0 spiro atoms. The number of aryl methyl sites for hydroxylation is 1. The Bertz CT molecular complexity index is 1150.